The highest BCUT2D eigenvalue weighted by molar-refractivity contribution is 5.86. The van der Waals surface area contributed by atoms with Crippen molar-refractivity contribution < 1.29 is 19.0 Å². The molecule has 22 heavy (non-hydrogen) atoms. The van der Waals surface area contributed by atoms with E-state index in [0.717, 1.165) is 32.5 Å². The molecular formula is C17H25NO4. The summed E-state index contributed by atoms with van der Waals surface area (Å²) >= 11 is 0. The molecule has 0 heterocycles. The summed E-state index contributed by atoms with van der Waals surface area (Å²) in [6.45, 7) is 8.17. The Balaban J connectivity index is 2.30. The molecule has 0 aliphatic rings. The second kappa shape index (κ2) is 10.8. The van der Waals surface area contributed by atoms with Gasteiger partial charge in [-0.15, -0.1) is 0 Å². The summed E-state index contributed by atoms with van der Waals surface area (Å²) in [6.07, 6.45) is 2.04. The molecule has 0 aromatic heterocycles. The average molecular weight is 307 g/mol. The Morgan fingerprint density at radius 3 is 2.59 bits per heavy atom. The van der Waals surface area contributed by atoms with Gasteiger partial charge in [0.1, 0.15) is 5.75 Å². The maximum absolute atomic E-state index is 11.4. The predicted octanol–water partition coefficient (Wildman–Crippen LogP) is 2.31. The van der Waals surface area contributed by atoms with Crippen LogP contribution in [0.25, 0.3) is 0 Å². The summed E-state index contributed by atoms with van der Waals surface area (Å²) in [5.41, 5.74) is 1.22. The number of hydrogen-bond donors (Lipinski definition) is 1. The molecule has 0 amide bonds. The van der Waals surface area contributed by atoms with Gasteiger partial charge in [-0.05, 0) is 50.6 Å². The molecule has 1 N–H and O–H groups in total. The number of aryl methyl sites for hydroxylation is 1. The van der Waals surface area contributed by atoms with Gasteiger partial charge in [-0.3, -0.25) is 0 Å². The minimum Gasteiger partial charge on any atom is -0.460 e. The highest BCUT2D eigenvalue weighted by Crippen LogP contribution is 2.16. The molecule has 0 aliphatic carbocycles. The molecule has 1 rings (SSSR count). The van der Waals surface area contributed by atoms with Crippen LogP contribution in [0.1, 0.15) is 18.9 Å². The van der Waals surface area contributed by atoms with E-state index in [2.05, 4.69) is 11.9 Å². The number of hydrogen-bond acceptors (Lipinski definition) is 5. The molecule has 0 saturated heterocycles. The van der Waals surface area contributed by atoms with Crippen LogP contribution in [-0.4, -0.2) is 39.4 Å². The normalized spacial score (nSPS) is 10.3. The number of carbonyl (C=O) groups excluding carboxylic acids is 1. The molecule has 0 atom stereocenters. The van der Waals surface area contributed by atoms with Gasteiger partial charge >= 0.3 is 5.97 Å². The van der Waals surface area contributed by atoms with Gasteiger partial charge in [0.25, 0.3) is 0 Å². The lowest BCUT2D eigenvalue weighted by Crippen LogP contribution is -2.20. The largest absolute Gasteiger partial charge is 0.460 e. The standard InChI is InChI=1S/C17H25NO4/c1-4-21-17(19)14(2)22-16-9-7-15(8-10-16)6-5-11-18-12-13-20-3/h7-10,18H,2,4-6,11-13H2,1,3H3. The first-order chi connectivity index (χ1) is 10.7. The molecule has 122 valence electrons. The van der Waals surface area contributed by atoms with Crippen LogP contribution in [0, 0.1) is 0 Å². The van der Waals surface area contributed by atoms with Crippen LogP contribution in [0.2, 0.25) is 0 Å². The summed E-state index contributed by atoms with van der Waals surface area (Å²) in [6, 6.07) is 7.64. The quantitative estimate of drug-likeness (QED) is 0.294. The molecule has 5 nitrogen and oxygen atoms in total. The van der Waals surface area contributed by atoms with E-state index in [1.54, 1.807) is 14.0 Å². The van der Waals surface area contributed by atoms with Crippen LogP contribution >= 0.6 is 0 Å². The Hall–Kier alpha value is -1.85. The lowest BCUT2D eigenvalue weighted by molar-refractivity contribution is -0.140. The van der Waals surface area contributed by atoms with E-state index in [9.17, 15) is 4.79 Å². The smallest absolute Gasteiger partial charge is 0.373 e. The Morgan fingerprint density at radius 2 is 1.95 bits per heavy atom. The molecule has 1 aromatic rings. The van der Waals surface area contributed by atoms with Crippen LogP contribution in [0.5, 0.6) is 5.75 Å². The van der Waals surface area contributed by atoms with Crippen molar-refractivity contribution in [2.24, 2.45) is 0 Å². The van der Waals surface area contributed by atoms with Crippen molar-refractivity contribution in [3.05, 3.63) is 42.2 Å². The van der Waals surface area contributed by atoms with Gasteiger partial charge in [0, 0.05) is 13.7 Å². The second-order valence-electron chi connectivity index (χ2n) is 4.74. The van der Waals surface area contributed by atoms with E-state index in [1.807, 2.05) is 24.3 Å². The van der Waals surface area contributed by atoms with Crippen molar-refractivity contribution in [3.8, 4) is 5.75 Å². The molecule has 5 heteroatoms. The fourth-order valence-electron chi connectivity index (χ4n) is 1.84. The summed E-state index contributed by atoms with van der Waals surface area (Å²) < 4.78 is 15.1. The van der Waals surface area contributed by atoms with E-state index >= 15 is 0 Å². The number of rotatable bonds is 11. The van der Waals surface area contributed by atoms with E-state index in [0.29, 0.717) is 12.4 Å². The summed E-state index contributed by atoms with van der Waals surface area (Å²) in [4.78, 5) is 11.4. The second-order valence-corrected chi connectivity index (χ2v) is 4.74. The number of ether oxygens (including phenoxy) is 3. The van der Waals surface area contributed by atoms with Crippen LogP contribution in [-0.2, 0) is 20.7 Å². The lowest BCUT2D eigenvalue weighted by atomic mass is 10.1. The maximum Gasteiger partial charge on any atom is 0.373 e. The molecule has 0 aliphatic heterocycles. The van der Waals surface area contributed by atoms with Gasteiger partial charge in [0.05, 0.1) is 13.2 Å². The van der Waals surface area contributed by atoms with E-state index in [-0.39, 0.29) is 5.76 Å². The van der Waals surface area contributed by atoms with E-state index in [1.165, 1.54) is 5.56 Å². The fraction of sp³-hybridized carbons (Fsp3) is 0.471. The average Bonchev–Trinajstić information content (AvgIpc) is 2.52. The summed E-state index contributed by atoms with van der Waals surface area (Å²) in [7, 11) is 1.70. The Bertz CT molecular complexity index is 456. The highest BCUT2D eigenvalue weighted by Gasteiger charge is 2.09. The van der Waals surface area contributed by atoms with Gasteiger partial charge in [0.2, 0.25) is 5.76 Å². The van der Waals surface area contributed by atoms with Gasteiger partial charge in [-0.25, -0.2) is 4.79 Å². The molecule has 1 aromatic carbocycles. The third kappa shape index (κ3) is 7.24. The molecule has 0 spiro atoms. The first kappa shape index (κ1) is 18.2. The van der Waals surface area contributed by atoms with Crippen molar-refractivity contribution in [2.75, 3.05) is 33.4 Å². The summed E-state index contributed by atoms with van der Waals surface area (Å²) in [5.74, 6) is 0.0469. The Morgan fingerprint density at radius 1 is 1.23 bits per heavy atom. The Kier molecular flexibility index (Phi) is 8.95. The molecule has 0 radical (unpaired) electrons. The van der Waals surface area contributed by atoms with Gasteiger partial charge < -0.3 is 19.5 Å². The monoisotopic (exact) mass is 307 g/mol. The molecule has 0 bridgehead atoms. The van der Waals surface area contributed by atoms with Crippen molar-refractivity contribution in [1.29, 1.82) is 0 Å². The van der Waals surface area contributed by atoms with Crippen LogP contribution < -0.4 is 10.1 Å². The number of benzene rings is 1. The zero-order valence-electron chi connectivity index (χ0n) is 13.4. The maximum atomic E-state index is 11.4. The number of methoxy groups -OCH3 is 1. The molecular weight excluding hydrogens is 282 g/mol. The first-order valence-electron chi connectivity index (χ1n) is 7.49. The highest BCUT2D eigenvalue weighted by atomic mass is 16.6. The zero-order chi connectivity index (χ0) is 16.2. The lowest BCUT2D eigenvalue weighted by Gasteiger charge is -2.08. The minimum absolute atomic E-state index is 0.00283. The van der Waals surface area contributed by atoms with Crippen molar-refractivity contribution in [2.45, 2.75) is 19.8 Å². The zero-order valence-corrected chi connectivity index (χ0v) is 13.4. The summed E-state index contributed by atoms with van der Waals surface area (Å²) in [5, 5.41) is 3.31. The number of esters is 1. The van der Waals surface area contributed by atoms with Crippen molar-refractivity contribution in [1.82, 2.24) is 5.32 Å². The van der Waals surface area contributed by atoms with Crippen molar-refractivity contribution >= 4 is 5.97 Å². The molecule has 0 saturated carbocycles. The van der Waals surface area contributed by atoms with Crippen LogP contribution in [0.15, 0.2) is 36.6 Å². The van der Waals surface area contributed by atoms with Gasteiger partial charge in [-0.2, -0.15) is 0 Å². The van der Waals surface area contributed by atoms with Crippen LogP contribution in [0.4, 0.5) is 0 Å². The molecule has 0 unspecified atom stereocenters. The number of nitrogens with one attached hydrogen (secondary N) is 1. The topological polar surface area (TPSA) is 56.8 Å². The minimum atomic E-state index is -0.534. The van der Waals surface area contributed by atoms with E-state index < -0.39 is 5.97 Å². The third-order valence-electron chi connectivity index (χ3n) is 2.97. The van der Waals surface area contributed by atoms with Crippen molar-refractivity contribution in [3.63, 3.8) is 0 Å². The van der Waals surface area contributed by atoms with Gasteiger partial charge in [0.15, 0.2) is 0 Å². The van der Waals surface area contributed by atoms with E-state index in [4.69, 9.17) is 14.2 Å². The number of carbonyl (C=O) groups is 1. The van der Waals surface area contributed by atoms with Gasteiger partial charge in [-0.1, -0.05) is 12.1 Å². The fourth-order valence-corrected chi connectivity index (χ4v) is 1.84. The first-order valence-corrected chi connectivity index (χ1v) is 7.49. The predicted molar refractivity (Wildman–Crippen MR) is 85.9 cm³/mol. The SMILES string of the molecule is C=C(Oc1ccc(CCCNCCOC)cc1)C(=O)OCC. The third-order valence-corrected chi connectivity index (χ3v) is 2.97. The molecule has 0 fully saturated rings. The Labute approximate surface area is 132 Å². The van der Waals surface area contributed by atoms with Crippen LogP contribution in [0.3, 0.4) is 0 Å².